The van der Waals surface area contributed by atoms with Crippen molar-refractivity contribution in [3.05, 3.63) is 58.5 Å². The molecule has 2 aromatic heterocycles. The molecule has 1 N–H and O–H groups in total. The number of hydrogen-bond acceptors (Lipinski definition) is 4. The summed E-state index contributed by atoms with van der Waals surface area (Å²) in [7, 11) is 0. The van der Waals surface area contributed by atoms with Gasteiger partial charge in [0, 0.05) is 37.6 Å². The molecule has 3 aromatic rings. The van der Waals surface area contributed by atoms with Crippen molar-refractivity contribution in [3.8, 4) is 0 Å². The van der Waals surface area contributed by atoms with Gasteiger partial charge < -0.3 is 4.90 Å². The Labute approximate surface area is 131 Å². The molecule has 0 fully saturated rings. The number of aromatic nitrogens is 4. The van der Waals surface area contributed by atoms with Gasteiger partial charge in [0.25, 0.3) is 5.91 Å². The van der Waals surface area contributed by atoms with E-state index in [0.717, 1.165) is 10.8 Å². The Morgan fingerprint density at radius 2 is 2.00 bits per heavy atom. The van der Waals surface area contributed by atoms with Crippen molar-refractivity contribution in [2.24, 2.45) is 0 Å². The fourth-order valence-corrected chi connectivity index (χ4v) is 2.98. The van der Waals surface area contributed by atoms with Crippen molar-refractivity contribution in [2.45, 2.75) is 13.0 Å². The van der Waals surface area contributed by atoms with Crippen LogP contribution in [0.25, 0.3) is 10.8 Å². The smallest absolute Gasteiger partial charge is 0.335 e. The minimum atomic E-state index is -0.224. The van der Waals surface area contributed by atoms with Gasteiger partial charge >= 0.3 is 5.69 Å². The van der Waals surface area contributed by atoms with Gasteiger partial charge in [-0.05, 0) is 11.5 Å². The zero-order chi connectivity index (χ0) is 15.8. The SMILES string of the molecule is O=C(c1nccc2ccccc12)N1CCc2n[nH]c(=O)n2CC1. The summed E-state index contributed by atoms with van der Waals surface area (Å²) in [6.45, 7) is 1.44. The van der Waals surface area contributed by atoms with Crippen molar-refractivity contribution in [3.63, 3.8) is 0 Å². The maximum atomic E-state index is 12.9. The normalized spacial score (nSPS) is 14.5. The highest BCUT2D eigenvalue weighted by molar-refractivity contribution is 6.05. The third kappa shape index (κ3) is 2.30. The van der Waals surface area contributed by atoms with Crippen LogP contribution in [-0.4, -0.2) is 43.6 Å². The van der Waals surface area contributed by atoms with Crippen LogP contribution >= 0.6 is 0 Å². The fourth-order valence-electron chi connectivity index (χ4n) is 2.98. The van der Waals surface area contributed by atoms with E-state index in [-0.39, 0.29) is 11.6 Å². The number of pyridine rings is 1. The highest BCUT2D eigenvalue weighted by Gasteiger charge is 2.23. The third-order valence-corrected chi connectivity index (χ3v) is 4.20. The molecule has 1 aliphatic heterocycles. The van der Waals surface area contributed by atoms with Crippen molar-refractivity contribution in [2.75, 3.05) is 13.1 Å². The molecular formula is C16H15N5O2. The van der Waals surface area contributed by atoms with Gasteiger partial charge in [0.1, 0.15) is 11.5 Å². The maximum Gasteiger partial charge on any atom is 0.343 e. The minimum absolute atomic E-state index is 0.107. The number of fused-ring (bicyclic) bond motifs is 2. The van der Waals surface area contributed by atoms with E-state index in [0.29, 0.717) is 37.6 Å². The van der Waals surface area contributed by atoms with Crippen LogP contribution in [0.5, 0.6) is 0 Å². The highest BCUT2D eigenvalue weighted by atomic mass is 16.2. The zero-order valence-corrected chi connectivity index (χ0v) is 12.4. The quantitative estimate of drug-likeness (QED) is 0.721. The molecule has 0 atom stereocenters. The first kappa shape index (κ1) is 13.7. The molecule has 0 saturated carbocycles. The number of amides is 1. The summed E-state index contributed by atoms with van der Waals surface area (Å²) < 4.78 is 1.59. The van der Waals surface area contributed by atoms with Gasteiger partial charge in [-0.3, -0.25) is 14.3 Å². The monoisotopic (exact) mass is 309 g/mol. The van der Waals surface area contributed by atoms with Crippen molar-refractivity contribution in [1.82, 2.24) is 24.6 Å². The number of benzene rings is 1. The van der Waals surface area contributed by atoms with Gasteiger partial charge in [0.15, 0.2) is 0 Å². The van der Waals surface area contributed by atoms with Crippen LogP contribution in [-0.2, 0) is 13.0 Å². The molecule has 116 valence electrons. The molecule has 7 nitrogen and oxygen atoms in total. The first-order valence-electron chi connectivity index (χ1n) is 7.51. The Kier molecular flexibility index (Phi) is 3.18. The standard InChI is InChI=1S/C16H15N5O2/c22-15(14-12-4-2-1-3-11(12)5-7-17-14)20-8-6-13-18-19-16(23)21(13)10-9-20/h1-5,7H,6,8-10H2,(H,19,23). The second kappa shape index (κ2) is 5.35. The Balaban J connectivity index is 1.66. The maximum absolute atomic E-state index is 12.9. The number of carbonyl (C=O) groups excluding carboxylic acids is 1. The molecule has 3 heterocycles. The molecule has 0 saturated heterocycles. The molecule has 0 unspecified atom stereocenters. The van der Waals surface area contributed by atoms with Crippen LogP contribution in [0.3, 0.4) is 0 Å². The Morgan fingerprint density at radius 1 is 1.13 bits per heavy atom. The average molecular weight is 309 g/mol. The fraction of sp³-hybridized carbons (Fsp3) is 0.250. The molecule has 4 rings (SSSR count). The number of nitrogens with zero attached hydrogens (tertiary/aromatic N) is 4. The number of nitrogens with one attached hydrogen (secondary N) is 1. The minimum Gasteiger partial charge on any atom is -0.335 e. The summed E-state index contributed by atoms with van der Waals surface area (Å²) >= 11 is 0. The highest BCUT2D eigenvalue weighted by Crippen LogP contribution is 2.18. The largest absolute Gasteiger partial charge is 0.343 e. The molecule has 1 aromatic carbocycles. The predicted octanol–water partition coefficient (Wildman–Crippen LogP) is 0.818. The lowest BCUT2D eigenvalue weighted by Gasteiger charge is -2.20. The van der Waals surface area contributed by atoms with Crippen LogP contribution in [0, 0.1) is 0 Å². The number of H-pyrrole nitrogens is 1. The lowest BCUT2D eigenvalue weighted by Crippen LogP contribution is -2.35. The topological polar surface area (TPSA) is 83.9 Å². The Bertz CT molecular complexity index is 938. The van der Waals surface area contributed by atoms with Gasteiger partial charge in [0.2, 0.25) is 0 Å². The Morgan fingerprint density at radius 3 is 2.91 bits per heavy atom. The second-order valence-corrected chi connectivity index (χ2v) is 5.52. The van der Waals surface area contributed by atoms with Gasteiger partial charge in [-0.2, -0.15) is 5.10 Å². The second-order valence-electron chi connectivity index (χ2n) is 5.52. The molecule has 23 heavy (non-hydrogen) atoms. The summed E-state index contributed by atoms with van der Waals surface area (Å²) in [5, 5.41) is 8.29. The zero-order valence-electron chi connectivity index (χ0n) is 12.4. The van der Waals surface area contributed by atoms with E-state index in [2.05, 4.69) is 15.2 Å². The third-order valence-electron chi connectivity index (χ3n) is 4.20. The number of hydrogen-bond donors (Lipinski definition) is 1. The van der Waals surface area contributed by atoms with Crippen LogP contribution in [0.4, 0.5) is 0 Å². The molecule has 0 spiro atoms. The van der Waals surface area contributed by atoms with Crippen molar-refractivity contribution in [1.29, 1.82) is 0 Å². The predicted molar refractivity (Wildman–Crippen MR) is 84.2 cm³/mol. The van der Waals surface area contributed by atoms with Crippen molar-refractivity contribution < 1.29 is 4.79 Å². The first-order valence-corrected chi connectivity index (χ1v) is 7.51. The van der Waals surface area contributed by atoms with E-state index in [1.807, 2.05) is 30.3 Å². The Hall–Kier alpha value is -2.96. The molecule has 1 amide bonds. The van der Waals surface area contributed by atoms with Gasteiger partial charge in [-0.1, -0.05) is 24.3 Å². The molecule has 0 radical (unpaired) electrons. The van der Waals surface area contributed by atoms with E-state index in [1.165, 1.54) is 0 Å². The molecule has 1 aliphatic rings. The lowest BCUT2D eigenvalue weighted by atomic mass is 10.1. The molecular weight excluding hydrogens is 294 g/mol. The summed E-state index contributed by atoms with van der Waals surface area (Å²) in [6, 6.07) is 9.60. The molecule has 0 bridgehead atoms. The summed E-state index contributed by atoms with van der Waals surface area (Å²) in [5.41, 5.74) is 0.231. The van der Waals surface area contributed by atoms with Crippen LogP contribution in [0.15, 0.2) is 41.3 Å². The van der Waals surface area contributed by atoms with E-state index in [9.17, 15) is 9.59 Å². The number of aromatic amines is 1. The first-order chi connectivity index (χ1) is 11.2. The van der Waals surface area contributed by atoms with E-state index >= 15 is 0 Å². The van der Waals surface area contributed by atoms with E-state index in [4.69, 9.17) is 0 Å². The summed E-state index contributed by atoms with van der Waals surface area (Å²) in [4.78, 5) is 30.6. The van der Waals surface area contributed by atoms with Gasteiger partial charge in [-0.25, -0.2) is 9.89 Å². The average Bonchev–Trinajstić information content (AvgIpc) is 2.81. The molecule has 7 heteroatoms. The van der Waals surface area contributed by atoms with Crippen molar-refractivity contribution >= 4 is 16.7 Å². The van der Waals surface area contributed by atoms with E-state index in [1.54, 1.807) is 15.7 Å². The summed E-state index contributed by atoms with van der Waals surface area (Å²) in [6.07, 6.45) is 2.21. The van der Waals surface area contributed by atoms with Crippen LogP contribution in [0.2, 0.25) is 0 Å². The van der Waals surface area contributed by atoms with Gasteiger partial charge in [0.05, 0.1) is 0 Å². The number of carbonyl (C=O) groups is 1. The van der Waals surface area contributed by atoms with Crippen LogP contribution < -0.4 is 5.69 Å². The molecule has 0 aliphatic carbocycles. The van der Waals surface area contributed by atoms with Gasteiger partial charge in [-0.15, -0.1) is 0 Å². The lowest BCUT2D eigenvalue weighted by molar-refractivity contribution is 0.0755. The van der Waals surface area contributed by atoms with Crippen LogP contribution in [0.1, 0.15) is 16.3 Å². The summed E-state index contributed by atoms with van der Waals surface area (Å²) in [5.74, 6) is 0.583. The number of rotatable bonds is 1. The van der Waals surface area contributed by atoms with E-state index < -0.39 is 0 Å².